The highest BCUT2D eigenvalue weighted by Gasteiger charge is 2.11. The molecule has 2 rings (SSSR count). The van der Waals surface area contributed by atoms with E-state index in [1.165, 1.54) is 16.7 Å². The van der Waals surface area contributed by atoms with Crippen LogP contribution >= 0.6 is 39.1 Å². The van der Waals surface area contributed by atoms with Crippen LogP contribution in [-0.2, 0) is 6.42 Å². The molecule has 2 aromatic rings. The van der Waals surface area contributed by atoms with Crippen molar-refractivity contribution in [3.05, 3.63) is 68.7 Å². The largest absolute Gasteiger partial charge is 0.0843 e. The van der Waals surface area contributed by atoms with Crippen molar-refractivity contribution in [1.82, 2.24) is 0 Å². The van der Waals surface area contributed by atoms with Crippen LogP contribution in [0.3, 0.4) is 0 Å². The molecule has 0 fully saturated rings. The summed E-state index contributed by atoms with van der Waals surface area (Å²) in [6.07, 6.45) is 0.914. The zero-order valence-electron chi connectivity index (χ0n) is 10.9. The fourth-order valence-corrected chi connectivity index (χ4v) is 3.19. The summed E-state index contributed by atoms with van der Waals surface area (Å²) in [4.78, 5) is 0.214. The van der Waals surface area contributed by atoms with Crippen molar-refractivity contribution in [1.29, 1.82) is 0 Å². The van der Waals surface area contributed by atoms with Crippen molar-refractivity contribution in [2.45, 2.75) is 25.1 Å². The summed E-state index contributed by atoms with van der Waals surface area (Å²) in [7, 11) is 0. The maximum Gasteiger partial charge on any atom is 0.0436 e. The molecule has 100 valence electrons. The van der Waals surface area contributed by atoms with Crippen molar-refractivity contribution in [3.8, 4) is 0 Å². The maximum absolute atomic E-state index is 6.04. The van der Waals surface area contributed by atoms with E-state index in [0.29, 0.717) is 10.0 Å². The normalized spacial score (nSPS) is 12.5. The minimum absolute atomic E-state index is 0.214. The van der Waals surface area contributed by atoms with E-state index in [1.807, 2.05) is 12.1 Å². The second-order valence-corrected chi connectivity index (χ2v) is 6.77. The van der Waals surface area contributed by atoms with Gasteiger partial charge in [0.15, 0.2) is 0 Å². The van der Waals surface area contributed by atoms with E-state index in [-0.39, 0.29) is 4.83 Å². The van der Waals surface area contributed by atoms with Gasteiger partial charge in [-0.25, -0.2) is 0 Å². The van der Waals surface area contributed by atoms with Gasteiger partial charge in [-0.3, -0.25) is 0 Å². The lowest BCUT2D eigenvalue weighted by Crippen LogP contribution is -1.96. The first-order valence-electron chi connectivity index (χ1n) is 6.12. The summed E-state index contributed by atoms with van der Waals surface area (Å²) < 4.78 is 0. The summed E-state index contributed by atoms with van der Waals surface area (Å²) in [5.41, 5.74) is 5.05. The first-order valence-corrected chi connectivity index (χ1v) is 7.79. The Bertz CT molecular complexity index is 573. The Balaban J connectivity index is 2.20. The van der Waals surface area contributed by atoms with Gasteiger partial charge in [0.2, 0.25) is 0 Å². The molecular formula is C16H15BrCl2. The van der Waals surface area contributed by atoms with E-state index in [9.17, 15) is 0 Å². The van der Waals surface area contributed by atoms with Gasteiger partial charge in [-0.1, -0.05) is 57.3 Å². The molecule has 0 saturated heterocycles. The number of halogens is 3. The Labute approximate surface area is 132 Å². The van der Waals surface area contributed by atoms with Crippen LogP contribution in [0.2, 0.25) is 10.0 Å². The smallest absolute Gasteiger partial charge is 0.0436 e. The van der Waals surface area contributed by atoms with Crippen LogP contribution in [0.5, 0.6) is 0 Å². The standard InChI is InChI=1S/C16H15BrCl2/c1-10-3-4-12(5-11(10)2)6-16(17)13-7-14(18)9-15(19)8-13/h3-5,7-9,16H,6H2,1-2H3. The summed E-state index contributed by atoms with van der Waals surface area (Å²) >= 11 is 15.8. The molecule has 0 heterocycles. The van der Waals surface area contributed by atoms with Crippen LogP contribution in [0.15, 0.2) is 36.4 Å². The van der Waals surface area contributed by atoms with E-state index in [2.05, 4.69) is 48.0 Å². The number of alkyl halides is 1. The number of rotatable bonds is 3. The third-order valence-corrected chi connectivity index (χ3v) is 4.52. The van der Waals surface area contributed by atoms with Crippen molar-refractivity contribution >= 4 is 39.1 Å². The van der Waals surface area contributed by atoms with Gasteiger partial charge in [0.05, 0.1) is 0 Å². The Morgan fingerprint density at radius 2 is 1.58 bits per heavy atom. The van der Waals surface area contributed by atoms with Crippen LogP contribution in [0.25, 0.3) is 0 Å². The van der Waals surface area contributed by atoms with Gasteiger partial charge >= 0.3 is 0 Å². The Morgan fingerprint density at radius 1 is 0.947 bits per heavy atom. The molecule has 0 N–H and O–H groups in total. The SMILES string of the molecule is Cc1ccc(CC(Br)c2cc(Cl)cc(Cl)c2)cc1C. The first-order chi connectivity index (χ1) is 8.95. The van der Waals surface area contributed by atoms with Crippen LogP contribution < -0.4 is 0 Å². The fourth-order valence-electron chi connectivity index (χ4n) is 2.01. The van der Waals surface area contributed by atoms with Crippen molar-refractivity contribution in [2.75, 3.05) is 0 Å². The lowest BCUT2D eigenvalue weighted by molar-refractivity contribution is 0.945. The van der Waals surface area contributed by atoms with Gasteiger partial charge in [0.25, 0.3) is 0 Å². The molecule has 0 radical (unpaired) electrons. The summed E-state index contributed by atoms with van der Waals surface area (Å²) in [6.45, 7) is 4.26. The second kappa shape index (κ2) is 6.30. The van der Waals surface area contributed by atoms with Gasteiger partial charge in [0.1, 0.15) is 0 Å². The van der Waals surface area contributed by atoms with Gasteiger partial charge < -0.3 is 0 Å². The second-order valence-electron chi connectivity index (χ2n) is 4.79. The molecule has 0 aliphatic carbocycles. The quantitative estimate of drug-likeness (QED) is 0.566. The first kappa shape index (κ1) is 14.9. The number of aryl methyl sites for hydroxylation is 2. The number of hydrogen-bond donors (Lipinski definition) is 0. The number of benzene rings is 2. The van der Waals surface area contributed by atoms with Gasteiger partial charge in [-0.15, -0.1) is 0 Å². The van der Waals surface area contributed by atoms with Crippen LogP contribution in [-0.4, -0.2) is 0 Å². The van der Waals surface area contributed by atoms with E-state index < -0.39 is 0 Å². The number of hydrogen-bond acceptors (Lipinski definition) is 0. The van der Waals surface area contributed by atoms with Crippen LogP contribution in [0.1, 0.15) is 27.1 Å². The molecule has 0 nitrogen and oxygen atoms in total. The molecule has 0 saturated carbocycles. The predicted octanol–water partition coefficient (Wildman–Crippen LogP) is 6.29. The van der Waals surface area contributed by atoms with Crippen molar-refractivity contribution in [2.24, 2.45) is 0 Å². The van der Waals surface area contributed by atoms with E-state index in [4.69, 9.17) is 23.2 Å². The summed E-state index contributed by atoms with van der Waals surface area (Å²) in [6, 6.07) is 12.2. The lowest BCUT2D eigenvalue weighted by Gasteiger charge is -2.12. The average Bonchev–Trinajstić information content (AvgIpc) is 2.32. The zero-order valence-corrected chi connectivity index (χ0v) is 14.0. The molecule has 2 aromatic carbocycles. The van der Waals surface area contributed by atoms with Crippen molar-refractivity contribution < 1.29 is 0 Å². The molecular weight excluding hydrogens is 343 g/mol. The minimum Gasteiger partial charge on any atom is -0.0843 e. The summed E-state index contributed by atoms with van der Waals surface area (Å²) in [5.74, 6) is 0. The maximum atomic E-state index is 6.04. The lowest BCUT2D eigenvalue weighted by atomic mass is 10.0. The Kier molecular flexibility index (Phi) is 4.94. The molecule has 0 bridgehead atoms. The van der Waals surface area contributed by atoms with Crippen LogP contribution in [0, 0.1) is 13.8 Å². The molecule has 1 atom stereocenters. The van der Waals surface area contributed by atoms with Gasteiger partial charge in [-0.2, -0.15) is 0 Å². The monoisotopic (exact) mass is 356 g/mol. The highest BCUT2D eigenvalue weighted by Crippen LogP contribution is 2.31. The fraction of sp³-hybridized carbons (Fsp3) is 0.250. The van der Waals surface area contributed by atoms with E-state index >= 15 is 0 Å². The van der Waals surface area contributed by atoms with Gasteiger partial charge in [0, 0.05) is 14.9 Å². The third-order valence-electron chi connectivity index (χ3n) is 3.23. The van der Waals surface area contributed by atoms with Crippen molar-refractivity contribution in [3.63, 3.8) is 0 Å². The van der Waals surface area contributed by atoms with E-state index in [1.54, 1.807) is 6.07 Å². The Morgan fingerprint density at radius 3 is 2.16 bits per heavy atom. The zero-order chi connectivity index (χ0) is 14.0. The topological polar surface area (TPSA) is 0 Å². The average molecular weight is 358 g/mol. The highest BCUT2D eigenvalue weighted by molar-refractivity contribution is 9.09. The molecule has 1 unspecified atom stereocenters. The van der Waals surface area contributed by atoms with Gasteiger partial charge in [-0.05, 0) is 60.7 Å². The predicted molar refractivity (Wildman–Crippen MR) is 87.8 cm³/mol. The summed E-state index contributed by atoms with van der Waals surface area (Å²) in [5, 5.41) is 1.35. The van der Waals surface area contributed by atoms with Crippen LogP contribution in [0.4, 0.5) is 0 Å². The molecule has 19 heavy (non-hydrogen) atoms. The molecule has 0 aromatic heterocycles. The Hall–Kier alpha value is -0.500. The molecule has 0 amide bonds. The molecule has 3 heteroatoms. The molecule has 0 spiro atoms. The third kappa shape index (κ3) is 3.98. The minimum atomic E-state index is 0.214. The highest BCUT2D eigenvalue weighted by atomic mass is 79.9. The molecule has 0 aliphatic rings. The molecule has 0 aliphatic heterocycles. The van der Waals surface area contributed by atoms with E-state index in [0.717, 1.165) is 12.0 Å².